The summed E-state index contributed by atoms with van der Waals surface area (Å²) in [4.78, 5) is 28.9. The average Bonchev–Trinajstić information content (AvgIpc) is 3.12. The van der Waals surface area contributed by atoms with Crippen LogP contribution in [0.15, 0.2) is 54.6 Å². The highest BCUT2D eigenvalue weighted by molar-refractivity contribution is 6.00. The Morgan fingerprint density at radius 2 is 1.89 bits per heavy atom. The third-order valence-electron chi connectivity index (χ3n) is 4.32. The molecule has 0 radical (unpaired) electrons. The Morgan fingerprint density at radius 3 is 2.61 bits per heavy atom. The summed E-state index contributed by atoms with van der Waals surface area (Å²) in [6, 6.07) is 15.7. The Morgan fingerprint density at radius 1 is 1.18 bits per heavy atom. The van der Waals surface area contributed by atoms with Gasteiger partial charge in [-0.05, 0) is 36.4 Å². The summed E-state index contributed by atoms with van der Waals surface area (Å²) in [5.74, 6) is 1.71. The van der Waals surface area contributed by atoms with Crippen LogP contribution in [-0.2, 0) is 16.0 Å². The molecule has 0 unspecified atom stereocenters. The number of anilines is 2. The second kappa shape index (κ2) is 7.51. The Kier molecular flexibility index (Phi) is 4.76. The van der Waals surface area contributed by atoms with Crippen molar-refractivity contribution in [2.24, 2.45) is 0 Å². The van der Waals surface area contributed by atoms with Crippen LogP contribution in [0, 0.1) is 0 Å². The van der Waals surface area contributed by atoms with Gasteiger partial charge in [-0.2, -0.15) is 10.1 Å². The first-order chi connectivity index (χ1) is 13.6. The summed E-state index contributed by atoms with van der Waals surface area (Å²) < 4.78 is 7.22. The monoisotopic (exact) mass is 377 g/mol. The summed E-state index contributed by atoms with van der Waals surface area (Å²) in [7, 11) is 0. The lowest BCUT2D eigenvalue weighted by Crippen LogP contribution is -2.36. The molecular weight excluding hydrogens is 358 g/mol. The van der Waals surface area contributed by atoms with E-state index in [1.807, 2.05) is 37.3 Å². The molecule has 1 aliphatic heterocycles. The molecule has 28 heavy (non-hydrogen) atoms. The van der Waals surface area contributed by atoms with E-state index in [9.17, 15) is 9.59 Å². The molecular formula is C20H19N5O3. The molecule has 0 saturated heterocycles. The lowest BCUT2D eigenvalue weighted by molar-refractivity contribution is -0.125. The number of amides is 2. The van der Waals surface area contributed by atoms with E-state index < -0.39 is 6.04 Å². The van der Waals surface area contributed by atoms with E-state index in [1.54, 1.807) is 24.3 Å². The van der Waals surface area contributed by atoms with E-state index in [2.05, 4.69) is 20.7 Å². The molecule has 3 aromatic rings. The largest absolute Gasteiger partial charge is 0.457 e. The minimum absolute atomic E-state index is 0.0144. The molecule has 8 nitrogen and oxygen atoms in total. The van der Waals surface area contributed by atoms with Crippen LogP contribution >= 0.6 is 0 Å². The molecule has 1 aromatic heterocycles. The van der Waals surface area contributed by atoms with Gasteiger partial charge in [0.25, 0.3) is 0 Å². The number of nitrogens with one attached hydrogen (secondary N) is 2. The number of fused-ring (bicyclic) bond motifs is 1. The quantitative estimate of drug-likeness (QED) is 0.712. The van der Waals surface area contributed by atoms with Gasteiger partial charge in [-0.15, -0.1) is 0 Å². The maximum absolute atomic E-state index is 12.7. The van der Waals surface area contributed by atoms with Crippen LogP contribution in [0.3, 0.4) is 0 Å². The zero-order valence-electron chi connectivity index (χ0n) is 15.3. The predicted octanol–water partition coefficient (Wildman–Crippen LogP) is 3.15. The van der Waals surface area contributed by atoms with E-state index in [1.165, 1.54) is 4.68 Å². The van der Waals surface area contributed by atoms with Crippen molar-refractivity contribution in [3.63, 3.8) is 0 Å². The lowest BCUT2D eigenvalue weighted by atomic mass is 10.1. The zero-order chi connectivity index (χ0) is 19.5. The number of para-hydroxylation sites is 1. The van der Waals surface area contributed by atoms with E-state index >= 15 is 0 Å². The Labute approximate surface area is 161 Å². The van der Waals surface area contributed by atoms with Crippen molar-refractivity contribution in [3.8, 4) is 11.5 Å². The zero-order valence-corrected chi connectivity index (χ0v) is 15.3. The van der Waals surface area contributed by atoms with Crippen LogP contribution in [-0.4, -0.2) is 26.6 Å². The maximum atomic E-state index is 12.7. The average molecular weight is 377 g/mol. The van der Waals surface area contributed by atoms with Gasteiger partial charge >= 0.3 is 0 Å². The molecule has 0 aliphatic carbocycles. The smallest absolute Gasteiger partial charge is 0.249 e. The van der Waals surface area contributed by atoms with Gasteiger partial charge in [0.05, 0.1) is 6.42 Å². The maximum Gasteiger partial charge on any atom is 0.249 e. The highest BCUT2D eigenvalue weighted by Crippen LogP contribution is 2.26. The van der Waals surface area contributed by atoms with Gasteiger partial charge in [-0.3, -0.25) is 14.9 Å². The van der Waals surface area contributed by atoms with Crippen LogP contribution in [0.1, 0.15) is 25.2 Å². The molecule has 2 amide bonds. The highest BCUT2D eigenvalue weighted by Gasteiger charge is 2.32. The SMILES string of the molecule is CCc1nc2n(n1)[C@@H](C(=O)Nc1ccc(Oc3ccccc3)cc1)CC(=O)N2. The fourth-order valence-corrected chi connectivity index (χ4v) is 2.92. The fraction of sp³-hybridized carbons (Fsp3) is 0.200. The molecule has 1 atom stereocenters. The fourth-order valence-electron chi connectivity index (χ4n) is 2.92. The van der Waals surface area contributed by atoms with Crippen molar-refractivity contribution in [3.05, 3.63) is 60.4 Å². The van der Waals surface area contributed by atoms with Gasteiger partial charge in [-0.1, -0.05) is 25.1 Å². The molecule has 2 heterocycles. The van der Waals surface area contributed by atoms with Crippen molar-refractivity contribution in [1.82, 2.24) is 14.8 Å². The Balaban J connectivity index is 1.46. The first kappa shape index (κ1) is 17.7. The van der Waals surface area contributed by atoms with Crippen LogP contribution < -0.4 is 15.4 Å². The Bertz CT molecular complexity index is 998. The summed E-state index contributed by atoms with van der Waals surface area (Å²) in [6.45, 7) is 1.91. The van der Waals surface area contributed by atoms with E-state index in [0.29, 0.717) is 29.6 Å². The predicted molar refractivity (Wildman–Crippen MR) is 103 cm³/mol. The topological polar surface area (TPSA) is 98.1 Å². The van der Waals surface area contributed by atoms with Crippen LogP contribution in [0.4, 0.5) is 11.6 Å². The van der Waals surface area contributed by atoms with E-state index in [-0.39, 0.29) is 18.2 Å². The molecule has 1 aliphatic rings. The summed E-state index contributed by atoms with van der Waals surface area (Å²) in [6.07, 6.45) is 0.633. The number of hydrogen-bond acceptors (Lipinski definition) is 5. The van der Waals surface area contributed by atoms with Crippen molar-refractivity contribution in [1.29, 1.82) is 0 Å². The van der Waals surface area contributed by atoms with Crippen molar-refractivity contribution >= 4 is 23.5 Å². The molecule has 0 saturated carbocycles. The normalized spacial score (nSPS) is 15.5. The first-order valence-electron chi connectivity index (χ1n) is 9.01. The summed E-state index contributed by atoms with van der Waals surface area (Å²) in [5.41, 5.74) is 0.605. The second-order valence-electron chi connectivity index (χ2n) is 6.35. The summed E-state index contributed by atoms with van der Waals surface area (Å²) >= 11 is 0. The van der Waals surface area contributed by atoms with Gasteiger partial charge in [0.15, 0.2) is 5.82 Å². The third-order valence-corrected chi connectivity index (χ3v) is 4.32. The van der Waals surface area contributed by atoms with E-state index in [0.717, 1.165) is 5.75 Å². The number of carbonyl (C=O) groups is 2. The van der Waals surface area contributed by atoms with Gasteiger partial charge in [0.2, 0.25) is 17.8 Å². The number of ether oxygens (including phenoxy) is 1. The number of hydrogen-bond donors (Lipinski definition) is 2. The molecule has 4 rings (SSSR count). The van der Waals surface area contributed by atoms with E-state index in [4.69, 9.17) is 4.74 Å². The molecule has 2 aromatic carbocycles. The molecule has 0 bridgehead atoms. The number of aromatic nitrogens is 3. The van der Waals surface area contributed by atoms with Crippen LogP contribution in [0.5, 0.6) is 11.5 Å². The summed E-state index contributed by atoms with van der Waals surface area (Å²) in [5, 5.41) is 9.79. The van der Waals surface area contributed by atoms with Crippen molar-refractivity contribution < 1.29 is 14.3 Å². The Hall–Kier alpha value is -3.68. The van der Waals surface area contributed by atoms with Crippen molar-refractivity contribution in [2.45, 2.75) is 25.8 Å². The standard InChI is InChI=1S/C20H19N5O3/c1-2-17-22-20-23-18(26)12-16(25(20)24-17)19(27)21-13-8-10-15(11-9-13)28-14-6-4-3-5-7-14/h3-11,16H,2,12H2,1H3,(H,21,27)(H,22,23,24,26)/t16-/m1/s1. The number of benzene rings is 2. The molecule has 2 N–H and O–H groups in total. The van der Waals surface area contributed by atoms with Gasteiger partial charge in [0.1, 0.15) is 17.5 Å². The molecule has 142 valence electrons. The minimum atomic E-state index is -0.739. The lowest BCUT2D eigenvalue weighted by Gasteiger charge is -2.22. The molecule has 0 spiro atoms. The number of aryl methyl sites for hydroxylation is 1. The number of rotatable bonds is 5. The second-order valence-corrected chi connectivity index (χ2v) is 6.35. The number of nitrogens with zero attached hydrogens (tertiary/aromatic N) is 3. The molecule has 0 fully saturated rings. The van der Waals surface area contributed by atoms with Crippen LogP contribution in [0.2, 0.25) is 0 Å². The van der Waals surface area contributed by atoms with Gasteiger partial charge < -0.3 is 10.1 Å². The van der Waals surface area contributed by atoms with Gasteiger partial charge in [-0.25, -0.2) is 4.68 Å². The van der Waals surface area contributed by atoms with Gasteiger partial charge in [0, 0.05) is 12.1 Å². The van der Waals surface area contributed by atoms with Crippen molar-refractivity contribution in [2.75, 3.05) is 10.6 Å². The number of carbonyl (C=O) groups excluding carboxylic acids is 2. The third kappa shape index (κ3) is 3.71. The minimum Gasteiger partial charge on any atom is -0.457 e. The highest BCUT2D eigenvalue weighted by atomic mass is 16.5. The molecule has 8 heteroatoms. The first-order valence-corrected chi connectivity index (χ1v) is 9.01. The van der Waals surface area contributed by atoms with Crippen LogP contribution in [0.25, 0.3) is 0 Å².